The van der Waals surface area contributed by atoms with Gasteiger partial charge in [-0.15, -0.1) is 0 Å². The van der Waals surface area contributed by atoms with Crippen LogP contribution in [0.4, 0.5) is 0 Å². The van der Waals surface area contributed by atoms with Gasteiger partial charge in [-0.1, -0.05) is 30.3 Å². The number of aryl methyl sites for hydroxylation is 2. The van der Waals surface area contributed by atoms with Gasteiger partial charge in [0.15, 0.2) is 0 Å². The molecule has 154 valence electrons. The molecule has 30 heavy (non-hydrogen) atoms. The molecule has 0 aliphatic rings. The SMILES string of the molecule is COc1cc(OC)nc(Oc2cccc(C)c2/C=N/NC(=O)c2ccccc2C)n1. The van der Waals surface area contributed by atoms with Crippen molar-refractivity contribution in [1.29, 1.82) is 0 Å². The number of methoxy groups -OCH3 is 2. The summed E-state index contributed by atoms with van der Waals surface area (Å²) in [5, 5.41) is 4.09. The van der Waals surface area contributed by atoms with E-state index in [0.29, 0.717) is 28.6 Å². The summed E-state index contributed by atoms with van der Waals surface area (Å²) in [6.07, 6.45) is 1.53. The summed E-state index contributed by atoms with van der Waals surface area (Å²) in [5.74, 6) is 0.802. The van der Waals surface area contributed by atoms with Crippen molar-refractivity contribution in [3.05, 3.63) is 70.8 Å². The molecule has 1 N–H and O–H groups in total. The lowest BCUT2D eigenvalue weighted by molar-refractivity contribution is 0.0954. The first-order valence-electron chi connectivity index (χ1n) is 9.15. The van der Waals surface area contributed by atoms with Crippen molar-refractivity contribution in [3.63, 3.8) is 0 Å². The van der Waals surface area contributed by atoms with Gasteiger partial charge < -0.3 is 14.2 Å². The van der Waals surface area contributed by atoms with Crippen LogP contribution in [-0.2, 0) is 0 Å². The van der Waals surface area contributed by atoms with Crippen LogP contribution in [0.5, 0.6) is 23.5 Å². The van der Waals surface area contributed by atoms with Crippen molar-refractivity contribution in [2.24, 2.45) is 5.10 Å². The van der Waals surface area contributed by atoms with E-state index in [1.165, 1.54) is 20.4 Å². The number of benzene rings is 2. The van der Waals surface area contributed by atoms with Crippen molar-refractivity contribution in [2.75, 3.05) is 14.2 Å². The van der Waals surface area contributed by atoms with Gasteiger partial charge in [0.1, 0.15) is 5.75 Å². The van der Waals surface area contributed by atoms with Crippen LogP contribution < -0.4 is 19.6 Å². The molecule has 3 rings (SSSR count). The Balaban J connectivity index is 1.82. The van der Waals surface area contributed by atoms with Crippen LogP contribution in [-0.4, -0.2) is 36.3 Å². The van der Waals surface area contributed by atoms with Crippen LogP contribution >= 0.6 is 0 Å². The third-order valence-electron chi connectivity index (χ3n) is 4.31. The van der Waals surface area contributed by atoms with E-state index in [1.54, 1.807) is 24.3 Å². The van der Waals surface area contributed by atoms with Gasteiger partial charge in [-0.2, -0.15) is 15.1 Å². The maximum absolute atomic E-state index is 12.4. The highest BCUT2D eigenvalue weighted by molar-refractivity contribution is 5.96. The van der Waals surface area contributed by atoms with Crippen molar-refractivity contribution in [3.8, 4) is 23.5 Å². The average molecular weight is 406 g/mol. The van der Waals surface area contributed by atoms with Crippen molar-refractivity contribution >= 4 is 12.1 Å². The molecule has 0 atom stereocenters. The Labute approximate surface area is 174 Å². The van der Waals surface area contributed by atoms with E-state index in [9.17, 15) is 4.79 Å². The number of amides is 1. The minimum Gasteiger partial charge on any atom is -0.481 e. The molecular weight excluding hydrogens is 384 g/mol. The molecule has 1 heterocycles. The highest BCUT2D eigenvalue weighted by Crippen LogP contribution is 2.27. The number of hydrazone groups is 1. The summed E-state index contributed by atoms with van der Waals surface area (Å²) in [6.45, 7) is 3.78. The van der Waals surface area contributed by atoms with E-state index < -0.39 is 0 Å². The molecule has 0 saturated heterocycles. The molecule has 2 aromatic carbocycles. The van der Waals surface area contributed by atoms with Gasteiger partial charge in [0, 0.05) is 11.1 Å². The molecule has 0 aliphatic heterocycles. The number of hydrogen-bond donors (Lipinski definition) is 1. The zero-order valence-electron chi connectivity index (χ0n) is 17.2. The first-order chi connectivity index (χ1) is 14.5. The van der Waals surface area contributed by atoms with Crippen LogP contribution in [0.2, 0.25) is 0 Å². The zero-order chi connectivity index (χ0) is 21.5. The van der Waals surface area contributed by atoms with E-state index in [2.05, 4.69) is 20.5 Å². The number of nitrogens with one attached hydrogen (secondary N) is 1. The van der Waals surface area contributed by atoms with E-state index in [1.807, 2.05) is 38.1 Å². The van der Waals surface area contributed by atoms with Gasteiger partial charge in [-0.3, -0.25) is 4.79 Å². The van der Waals surface area contributed by atoms with Crippen LogP contribution in [0.25, 0.3) is 0 Å². The van der Waals surface area contributed by atoms with Crippen molar-refractivity contribution in [2.45, 2.75) is 13.8 Å². The Morgan fingerprint density at radius 1 is 0.967 bits per heavy atom. The first-order valence-corrected chi connectivity index (χ1v) is 9.15. The summed E-state index contributed by atoms with van der Waals surface area (Å²) in [6, 6.07) is 14.4. The summed E-state index contributed by atoms with van der Waals surface area (Å²) in [4.78, 5) is 20.7. The lowest BCUT2D eigenvalue weighted by Crippen LogP contribution is -2.18. The van der Waals surface area contributed by atoms with Gasteiger partial charge >= 0.3 is 6.01 Å². The molecule has 0 saturated carbocycles. The largest absolute Gasteiger partial charge is 0.481 e. The molecule has 0 fully saturated rings. The Kier molecular flexibility index (Phi) is 6.59. The smallest absolute Gasteiger partial charge is 0.328 e. The quantitative estimate of drug-likeness (QED) is 0.475. The molecule has 0 radical (unpaired) electrons. The molecule has 8 nitrogen and oxygen atoms in total. The number of carbonyl (C=O) groups is 1. The molecule has 1 aromatic heterocycles. The number of aromatic nitrogens is 2. The lowest BCUT2D eigenvalue weighted by Gasteiger charge is -2.11. The van der Waals surface area contributed by atoms with Crippen molar-refractivity contribution < 1.29 is 19.0 Å². The van der Waals surface area contributed by atoms with E-state index in [0.717, 1.165) is 11.1 Å². The molecule has 0 spiro atoms. The Bertz CT molecular complexity index is 1060. The van der Waals surface area contributed by atoms with Gasteiger partial charge in [0.2, 0.25) is 11.8 Å². The Morgan fingerprint density at radius 3 is 2.30 bits per heavy atom. The second kappa shape index (κ2) is 9.51. The van der Waals surface area contributed by atoms with Crippen molar-refractivity contribution in [1.82, 2.24) is 15.4 Å². The summed E-state index contributed by atoms with van der Waals surface area (Å²) in [7, 11) is 2.99. The van der Waals surface area contributed by atoms with E-state index in [-0.39, 0.29) is 11.9 Å². The van der Waals surface area contributed by atoms with Crippen LogP contribution in [0, 0.1) is 13.8 Å². The summed E-state index contributed by atoms with van der Waals surface area (Å²) < 4.78 is 16.1. The number of nitrogens with zero attached hydrogens (tertiary/aromatic N) is 3. The third-order valence-corrected chi connectivity index (χ3v) is 4.31. The van der Waals surface area contributed by atoms with Gasteiger partial charge in [-0.05, 0) is 37.1 Å². The van der Waals surface area contributed by atoms with Crippen LogP contribution in [0.3, 0.4) is 0 Å². The highest BCUT2D eigenvalue weighted by atomic mass is 16.5. The standard InChI is InChI=1S/C22H22N4O4/c1-14-8-5-6-10-16(14)21(27)26-23-13-17-15(2)9-7-11-18(17)30-22-24-19(28-3)12-20(25-22)29-4/h5-13H,1-4H3,(H,26,27)/b23-13+. The fraction of sp³-hybridized carbons (Fsp3) is 0.182. The second-order valence-electron chi connectivity index (χ2n) is 6.34. The molecule has 8 heteroatoms. The molecule has 0 aliphatic carbocycles. The molecular formula is C22H22N4O4. The minimum atomic E-state index is -0.290. The molecule has 1 amide bonds. The maximum atomic E-state index is 12.4. The molecule has 0 bridgehead atoms. The lowest BCUT2D eigenvalue weighted by atomic mass is 10.1. The second-order valence-corrected chi connectivity index (χ2v) is 6.34. The van der Waals surface area contributed by atoms with E-state index >= 15 is 0 Å². The number of carbonyl (C=O) groups excluding carboxylic acids is 1. The molecule has 3 aromatic rings. The minimum absolute atomic E-state index is 0.0652. The average Bonchev–Trinajstić information content (AvgIpc) is 2.75. The fourth-order valence-electron chi connectivity index (χ4n) is 2.69. The predicted octanol–water partition coefficient (Wildman–Crippen LogP) is 3.67. The Hall–Kier alpha value is -3.94. The Morgan fingerprint density at radius 2 is 1.63 bits per heavy atom. The normalized spacial score (nSPS) is 10.7. The van der Waals surface area contributed by atoms with Gasteiger partial charge in [0.25, 0.3) is 5.91 Å². The topological polar surface area (TPSA) is 94.9 Å². The van der Waals surface area contributed by atoms with Crippen LogP contribution in [0.15, 0.2) is 53.6 Å². The van der Waals surface area contributed by atoms with Crippen LogP contribution in [0.1, 0.15) is 27.0 Å². The fourth-order valence-corrected chi connectivity index (χ4v) is 2.69. The maximum Gasteiger partial charge on any atom is 0.328 e. The van der Waals surface area contributed by atoms with Gasteiger partial charge in [0.05, 0.1) is 26.5 Å². The van der Waals surface area contributed by atoms with Gasteiger partial charge in [-0.25, -0.2) is 5.43 Å². The number of rotatable bonds is 7. The summed E-state index contributed by atoms with van der Waals surface area (Å²) in [5.41, 5.74) is 5.55. The summed E-state index contributed by atoms with van der Waals surface area (Å²) >= 11 is 0. The first kappa shape index (κ1) is 20.8. The monoisotopic (exact) mass is 406 g/mol. The number of ether oxygens (including phenoxy) is 3. The zero-order valence-corrected chi connectivity index (χ0v) is 17.2. The molecule has 0 unspecified atom stereocenters. The highest BCUT2D eigenvalue weighted by Gasteiger charge is 2.12. The van der Waals surface area contributed by atoms with E-state index in [4.69, 9.17) is 14.2 Å². The predicted molar refractivity (Wildman–Crippen MR) is 113 cm³/mol. The third kappa shape index (κ3) is 4.91. The number of hydrogen-bond acceptors (Lipinski definition) is 7.